The molecule has 0 unspecified atom stereocenters. The number of benzene rings is 1. The minimum Gasteiger partial charge on any atom is -0.371 e. The molecule has 0 aliphatic carbocycles. The van der Waals surface area contributed by atoms with E-state index in [1.54, 1.807) is 28.3 Å². The van der Waals surface area contributed by atoms with E-state index >= 15 is 0 Å². The van der Waals surface area contributed by atoms with Crippen LogP contribution in [0.2, 0.25) is 0 Å². The molecule has 2 aromatic heterocycles. The first-order valence-corrected chi connectivity index (χ1v) is 9.41. The number of nitrogens with zero attached hydrogens (tertiary/aromatic N) is 2. The van der Waals surface area contributed by atoms with Gasteiger partial charge in [-0.15, -0.1) is 17.9 Å². The lowest BCUT2D eigenvalue weighted by molar-refractivity contribution is 0.0701. The third-order valence-corrected chi connectivity index (χ3v) is 6.12. The van der Waals surface area contributed by atoms with E-state index in [1.807, 2.05) is 61.0 Å². The van der Waals surface area contributed by atoms with Crippen LogP contribution in [0.1, 0.15) is 27.2 Å². The zero-order valence-corrected chi connectivity index (χ0v) is 15.4. The molecule has 0 N–H and O–H groups in total. The number of aromatic nitrogens is 2. The second kappa shape index (κ2) is 6.67. The summed E-state index contributed by atoms with van der Waals surface area (Å²) < 4.78 is 7.98. The molecule has 1 saturated heterocycles. The third kappa shape index (κ3) is 2.55. The predicted molar refractivity (Wildman–Crippen MR) is 102 cm³/mol. The average Bonchev–Trinajstić information content (AvgIpc) is 3.41. The molecule has 1 fully saturated rings. The molecule has 5 heteroatoms. The molecule has 1 aromatic carbocycles. The summed E-state index contributed by atoms with van der Waals surface area (Å²) in [6, 6.07) is 14.0. The summed E-state index contributed by atoms with van der Waals surface area (Å²) in [6.45, 7) is 4.51. The van der Waals surface area contributed by atoms with Gasteiger partial charge in [0.2, 0.25) is 5.78 Å². The van der Waals surface area contributed by atoms with E-state index in [4.69, 9.17) is 4.74 Å². The van der Waals surface area contributed by atoms with Crippen molar-refractivity contribution in [2.45, 2.75) is 11.5 Å². The number of rotatable bonds is 5. The molecule has 0 amide bonds. The van der Waals surface area contributed by atoms with Crippen LogP contribution in [-0.4, -0.2) is 21.9 Å². The summed E-state index contributed by atoms with van der Waals surface area (Å²) >= 11 is 1.61. The molecule has 0 spiro atoms. The van der Waals surface area contributed by atoms with Crippen LogP contribution in [0.15, 0.2) is 72.9 Å². The highest BCUT2D eigenvalue weighted by Gasteiger charge is 2.54. The molecule has 0 radical (unpaired) electrons. The maximum atomic E-state index is 13.6. The Bertz CT molecular complexity index is 917. The third-order valence-electron chi connectivity index (χ3n) is 5.18. The van der Waals surface area contributed by atoms with E-state index < -0.39 is 11.3 Å². The van der Waals surface area contributed by atoms with Gasteiger partial charge in [-0.1, -0.05) is 42.5 Å². The molecule has 4 rings (SSSR count). The highest BCUT2D eigenvalue weighted by Crippen LogP contribution is 2.51. The number of carbonyl (C=O) groups excluding carboxylic acids is 1. The van der Waals surface area contributed by atoms with E-state index in [0.29, 0.717) is 12.4 Å². The first-order chi connectivity index (χ1) is 12.7. The smallest absolute Gasteiger partial charge is 0.205 e. The minimum absolute atomic E-state index is 0.0165. The zero-order valence-electron chi connectivity index (χ0n) is 14.5. The highest BCUT2D eigenvalue weighted by atomic mass is 32.1. The monoisotopic (exact) mass is 364 g/mol. The summed E-state index contributed by atoms with van der Waals surface area (Å²) in [5.74, 6) is 0.0171. The van der Waals surface area contributed by atoms with Crippen LogP contribution in [0.5, 0.6) is 0 Å². The summed E-state index contributed by atoms with van der Waals surface area (Å²) in [5.41, 5.74) is 0.459. The molecule has 0 bridgehead atoms. The fourth-order valence-corrected chi connectivity index (χ4v) is 4.62. The maximum absolute atomic E-state index is 13.6. The van der Waals surface area contributed by atoms with Crippen molar-refractivity contribution < 1.29 is 9.53 Å². The molecular formula is C21H20N2O2S. The van der Waals surface area contributed by atoms with Crippen molar-refractivity contribution in [3.05, 3.63) is 89.2 Å². The lowest BCUT2D eigenvalue weighted by Crippen LogP contribution is -2.39. The first kappa shape index (κ1) is 16.9. The Morgan fingerprint density at radius 1 is 1.35 bits per heavy atom. The molecule has 0 saturated carbocycles. The fourth-order valence-electron chi connectivity index (χ4n) is 3.81. The van der Waals surface area contributed by atoms with Crippen LogP contribution in [-0.2, 0) is 17.2 Å². The van der Waals surface area contributed by atoms with Crippen molar-refractivity contribution in [3.63, 3.8) is 0 Å². The van der Waals surface area contributed by atoms with Gasteiger partial charge < -0.3 is 9.30 Å². The van der Waals surface area contributed by atoms with Gasteiger partial charge in [-0.05, 0) is 17.0 Å². The van der Waals surface area contributed by atoms with Crippen LogP contribution in [0.3, 0.4) is 0 Å². The van der Waals surface area contributed by atoms with Gasteiger partial charge in [0.05, 0.1) is 12.5 Å². The van der Waals surface area contributed by atoms with Gasteiger partial charge in [0.1, 0.15) is 6.10 Å². The molecular weight excluding hydrogens is 344 g/mol. The first-order valence-electron chi connectivity index (χ1n) is 8.53. The Morgan fingerprint density at radius 3 is 2.77 bits per heavy atom. The zero-order chi connectivity index (χ0) is 18.1. The van der Waals surface area contributed by atoms with Crippen molar-refractivity contribution in [3.8, 4) is 0 Å². The quantitative estimate of drug-likeness (QED) is 0.504. The summed E-state index contributed by atoms with van der Waals surface area (Å²) in [4.78, 5) is 18.9. The number of hydrogen-bond donors (Lipinski definition) is 0. The van der Waals surface area contributed by atoms with Crippen LogP contribution in [0.4, 0.5) is 0 Å². The lowest BCUT2D eigenvalue weighted by atomic mass is 9.68. The molecule has 1 aliphatic rings. The predicted octanol–water partition coefficient (Wildman–Crippen LogP) is 4.18. The van der Waals surface area contributed by atoms with Gasteiger partial charge in [0.25, 0.3) is 0 Å². The van der Waals surface area contributed by atoms with Gasteiger partial charge in [-0.25, -0.2) is 4.98 Å². The average molecular weight is 364 g/mol. The number of ketones is 1. The van der Waals surface area contributed by atoms with E-state index in [-0.39, 0.29) is 11.9 Å². The van der Waals surface area contributed by atoms with Crippen LogP contribution >= 0.6 is 11.3 Å². The maximum Gasteiger partial charge on any atom is 0.205 e. The van der Waals surface area contributed by atoms with Crippen molar-refractivity contribution in [2.75, 3.05) is 6.61 Å². The highest BCUT2D eigenvalue weighted by molar-refractivity contribution is 7.10. The summed E-state index contributed by atoms with van der Waals surface area (Å²) in [7, 11) is 1.84. The summed E-state index contributed by atoms with van der Waals surface area (Å²) in [6.07, 6.45) is 5.02. The molecule has 1 aliphatic heterocycles. The Hall–Kier alpha value is -2.50. The Labute approximate surface area is 156 Å². The Kier molecular flexibility index (Phi) is 4.34. The SMILES string of the molecule is C=C[C@@]1(c2ccccc2)CO[C@H](c2cccs2)[C@H]1C(=O)c1nccn1C. The number of carbonyl (C=O) groups is 1. The number of hydrogen-bond acceptors (Lipinski definition) is 4. The van der Waals surface area contributed by atoms with Crippen molar-refractivity contribution in [1.29, 1.82) is 0 Å². The molecule has 26 heavy (non-hydrogen) atoms. The van der Waals surface area contributed by atoms with Crippen LogP contribution in [0.25, 0.3) is 0 Å². The van der Waals surface area contributed by atoms with Crippen LogP contribution in [0, 0.1) is 5.92 Å². The van der Waals surface area contributed by atoms with Crippen molar-refractivity contribution in [2.24, 2.45) is 13.0 Å². The van der Waals surface area contributed by atoms with E-state index in [1.165, 1.54) is 0 Å². The van der Waals surface area contributed by atoms with Gasteiger partial charge in [0.15, 0.2) is 5.82 Å². The number of imidazole rings is 1. The fraction of sp³-hybridized carbons (Fsp3) is 0.238. The molecule has 3 aromatic rings. The van der Waals surface area contributed by atoms with E-state index in [2.05, 4.69) is 11.6 Å². The largest absolute Gasteiger partial charge is 0.371 e. The molecule has 3 atom stereocenters. The lowest BCUT2D eigenvalue weighted by Gasteiger charge is -2.31. The van der Waals surface area contributed by atoms with Gasteiger partial charge in [-0.2, -0.15) is 0 Å². The van der Waals surface area contributed by atoms with Gasteiger partial charge in [-0.3, -0.25) is 4.79 Å². The number of ether oxygens (including phenoxy) is 1. The van der Waals surface area contributed by atoms with E-state index in [9.17, 15) is 4.79 Å². The van der Waals surface area contributed by atoms with Crippen molar-refractivity contribution in [1.82, 2.24) is 9.55 Å². The number of aryl methyl sites for hydroxylation is 1. The van der Waals surface area contributed by atoms with Crippen LogP contribution < -0.4 is 0 Å². The second-order valence-electron chi connectivity index (χ2n) is 6.56. The topological polar surface area (TPSA) is 44.1 Å². The number of Topliss-reactive ketones (excluding diaryl/α,β-unsaturated/α-hetero) is 1. The van der Waals surface area contributed by atoms with Gasteiger partial charge >= 0.3 is 0 Å². The second-order valence-corrected chi connectivity index (χ2v) is 7.54. The van der Waals surface area contributed by atoms with Crippen molar-refractivity contribution >= 4 is 17.1 Å². The Morgan fingerprint density at radius 2 is 2.15 bits per heavy atom. The summed E-state index contributed by atoms with van der Waals surface area (Å²) in [5, 5.41) is 2.01. The van der Waals surface area contributed by atoms with Gasteiger partial charge in [0, 0.05) is 29.7 Å². The molecule has 132 valence electrons. The molecule has 4 nitrogen and oxygen atoms in total. The standard InChI is InChI=1S/C21H20N2O2S/c1-3-21(15-8-5-4-6-9-15)14-25-19(16-10-7-13-26-16)17(21)18(24)20-22-11-12-23(20)2/h3-13,17,19H,1,14H2,2H3/t17-,19-,21+/m1/s1. The normalized spacial score (nSPS) is 25.3. The minimum atomic E-state index is -0.584. The van der Waals surface area contributed by atoms with E-state index in [0.717, 1.165) is 10.4 Å². The number of thiophene rings is 1. The molecule has 3 heterocycles. The Balaban J connectivity index is 1.87.